The molecule has 8 heteroatoms. The Labute approximate surface area is 163 Å². The van der Waals surface area contributed by atoms with Crippen LogP contribution in [0, 0.1) is 0 Å². The Morgan fingerprint density at radius 1 is 1.30 bits per heavy atom. The molecule has 0 atom stereocenters. The fourth-order valence-electron chi connectivity index (χ4n) is 2.75. The van der Waals surface area contributed by atoms with Crippen molar-refractivity contribution in [2.75, 3.05) is 51.8 Å². The van der Waals surface area contributed by atoms with Gasteiger partial charge in [0.1, 0.15) is 11.6 Å². The van der Waals surface area contributed by atoms with Crippen molar-refractivity contribution in [3.05, 3.63) is 47.1 Å². The van der Waals surface area contributed by atoms with Crippen molar-refractivity contribution in [2.45, 2.75) is 0 Å². The minimum absolute atomic E-state index is 0.130. The molecule has 144 valence electrons. The molecule has 27 heavy (non-hydrogen) atoms. The molecule has 1 fully saturated rings. The number of nitrogens with one attached hydrogen (secondary N) is 2. The number of hydrogen-bond donors (Lipinski definition) is 2. The minimum atomic E-state index is -0.130. The van der Waals surface area contributed by atoms with Crippen LogP contribution in [0.2, 0.25) is 5.02 Å². The monoisotopic (exact) mass is 390 g/mol. The summed E-state index contributed by atoms with van der Waals surface area (Å²) in [4.78, 5) is 18.8. The predicted molar refractivity (Wildman–Crippen MR) is 105 cm³/mol. The zero-order valence-corrected chi connectivity index (χ0v) is 16.0. The van der Waals surface area contributed by atoms with E-state index >= 15 is 0 Å². The number of morpholine rings is 1. The van der Waals surface area contributed by atoms with Crippen molar-refractivity contribution in [3.63, 3.8) is 0 Å². The van der Waals surface area contributed by atoms with Gasteiger partial charge in [-0.2, -0.15) is 0 Å². The first-order valence-electron chi connectivity index (χ1n) is 8.80. The van der Waals surface area contributed by atoms with Gasteiger partial charge in [-0.3, -0.25) is 9.69 Å². The largest absolute Gasteiger partial charge is 0.495 e. The fraction of sp³-hybridized carbons (Fsp3) is 0.368. The molecule has 0 radical (unpaired) electrons. The van der Waals surface area contributed by atoms with E-state index in [0.29, 0.717) is 28.7 Å². The molecular formula is C19H23ClN4O3. The Balaban J connectivity index is 1.50. The second kappa shape index (κ2) is 9.55. The third-order valence-electron chi connectivity index (χ3n) is 4.27. The highest BCUT2D eigenvalue weighted by Crippen LogP contribution is 2.28. The molecule has 0 aliphatic carbocycles. The van der Waals surface area contributed by atoms with E-state index in [9.17, 15) is 4.79 Å². The average Bonchev–Trinajstić information content (AvgIpc) is 2.69. The van der Waals surface area contributed by atoms with Crippen molar-refractivity contribution in [1.82, 2.24) is 15.2 Å². The van der Waals surface area contributed by atoms with Crippen LogP contribution in [-0.2, 0) is 4.74 Å². The number of rotatable bonds is 7. The van der Waals surface area contributed by atoms with E-state index in [4.69, 9.17) is 21.1 Å². The van der Waals surface area contributed by atoms with Crippen LogP contribution >= 0.6 is 11.6 Å². The van der Waals surface area contributed by atoms with Crippen LogP contribution in [0.25, 0.3) is 0 Å². The molecule has 0 saturated carbocycles. The number of carbonyl (C=O) groups excluding carboxylic acids is 1. The molecule has 2 aromatic rings. The Hall–Kier alpha value is -2.35. The number of benzene rings is 1. The first kappa shape index (κ1) is 19.4. The van der Waals surface area contributed by atoms with Gasteiger partial charge in [0.05, 0.1) is 30.9 Å². The quantitative estimate of drug-likeness (QED) is 0.756. The van der Waals surface area contributed by atoms with Gasteiger partial charge in [-0.05, 0) is 30.3 Å². The van der Waals surface area contributed by atoms with Crippen LogP contribution < -0.4 is 15.4 Å². The molecule has 7 nitrogen and oxygen atoms in total. The normalized spacial score (nSPS) is 14.6. The summed E-state index contributed by atoms with van der Waals surface area (Å²) in [6.45, 7) is 4.75. The summed E-state index contributed by atoms with van der Waals surface area (Å²) < 4.78 is 10.4. The lowest BCUT2D eigenvalue weighted by Crippen LogP contribution is -2.41. The maximum absolute atomic E-state index is 12.2. The molecule has 1 aromatic carbocycles. The Kier molecular flexibility index (Phi) is 6.86. The fourth-order valence-corrected chi connectivity index (χ4v) is 3.01. The van der Waals surface area contributed by atoms with Crippen LogP contribution in [0.15, 0.2) is 36.5 Å². The van der Waals surface area contributed by atoms with Crippen molar-refractivity contribution >= 4 is 29.0 Å². The topological polar surface area (TPSA) is 75.7 Å². The van der Waals surface area contributed by atoms with E-state index in [-0.39, 0.29) is 5.91 Å². The second-order valence-corrected chi connectivity index (χ2v) is 6.52. The molecular weight excluding hydrogens is 368 g/mol. The lowest BCUT2D eigenvalue weighted by molar-refractivity contribution is 0.0383. The van der Waals surface area contributed by atoms with Gasteiger partial charge in [-0.15, -0.1) is 0 Å². The third-order valence-corrected chi connectivity index (χ3v) is 4.56. The standard InChI is InChI=1S/C19H23ClN4O3/c1-26-17-4-3-15(12-16(17)20)23-18-5-2-14(13-22-18)19(25)21-6-7-24-8-10-27-11-9-24/h2-5,12-13H,6-11H2,1H3,(H,21,25)(H,22,23). The predicted octanol–water partition coefficient (Wildman–Crippen LogP) is 2.55. The highest BCUT2D eigenvalue weighted by Gasteiger charge is 2.11. The third kappa shape index (κ3) is 5.56. The van der Waals surface area contributed by atoms with Crippen LogP contribution in [-0.4, -0.2) is 62.3 Å². The number of anilines is 2. The first-order valence-corrected chi connectivity index (χ1v) is 9.18. The zero-order chi connectivity index (χ0) is 19.1. The molecule has 1 aliphatic rings. The lowest BCUT2D eigenvalue weighted by Gasteiger charge is -2.26. The number of halogens is 1. The Morgan fingerprint density at radius 3 is 2.78 bits per heavy atom. The van der Waals surface area contributed by atoms with Crippen LogP contribution in [0.1, 0.15) is 10.4 Å². The summed E-state index contributed by atoms with van der Waals surface area (Å²) in [6.07, 6.45) is 1.55. The van der Waals surface area contributed by atoms with E-state index in [1.807, 2.05) is 6.07 Å². The van der Waals surface area contributed by atoms with Crippen molar-refractivity contribution in [3.8, 4) is 5.75 Å². The van der Waals surface area contributed by atoms with Crippen LogP contribution in [0.5, 0.6) is 5.75 Å². The zero-order valence-electron chi connectivity index (χ0n) is 15.2. The van der Waals surface area contributed by atoms with Gasteiger partial charge in [0.15, 0.2) is 0 Å². The highest BCUT2D eigenvalue weighted by molar-refractivity contribution is 6.32. The van der Waals surface area contributed by atoms with Gasteiger partial charge >= 0.3 is 0 Å². The SMILES string of the molecule is COc1ccc(Nc2ccc(C(=O)NCCN3CCOCC3)cn2)cc1Cl. The highest BCUT2D eigenvalue weighted by atomic mass is 35.5. The Bertz CT molecular complexity index is 764. The second-order valence-electron chi connectivity index (χ2n) is 6.12. The number of aromatic nitrogens is 1. The summed E-state index contributed by atoms with van der Waals surface area (Å²) in [6, 6.07) is 8.88. The van der Waals surface area contributed by atoms with Crippen LogP contribution in [0.4, 0.5) is 11.5 Å². The van der Waals surface area contributed by atoms with Gasteiger partial charge in [0.2, 0.25) is 0 Å². The molecule has 0 spiro atoms. The molecule has 1 aliphatic heterocycles. The number of methoxy groups -OCH3 is 1. The molecule has 2 N–H and O–H groups in total. The molecule has 0 unspecified atom stereocenters. The van der Waals surface area contributed by atoms with Crippen LogP contribution in [0.3, 0.4) is 0 Å². The van der Waals surface area contributed by atoms with Gasteiger partial charge in [-0.1, -0.05) is 11.6 Å². The number of carbonyl (C=O) groups is 1. The maximum atomic E-state index is 12.2. The number of pyridine rings is 1. The molecule has 2 heterocycles. The average molecular weight is 391 g/mol. The smallest absolute Gasteiger partial charge is 0.252 e. The minimum Gasteiger partial charge on any atom is -0.495 e. The lowest BCUT2D eigenvalue weighted by atomic mass is 10.2. The van der Waals surface area contributed by atoms with E-state index < -0.39 is 0 Å². The number of amides is 1. The summed E-state index contributed by atoms with van der Waals surface area (Å²) >= 11 is 6.12. The summed E-state index contributed by atoms with van der Waals surface area (Å²) in [5, 5.41) is 6.58. The van der Waals surface area contributed by atoms with Crippen molar-refractivity contribution in [2.24, 2.45) is 0 Å². The molecule has 0 bridgehead atoms. The summed E-state index contributed by atoms with van der Waals surface area (Å²) in [7, 11) is 1.57. The van der Waals surface area contributed by atoms with E-state index in [1.54, 1.807) is 37.6 Å². The number of nitrogens with zero attached hydrogens (tertiary/aromatic N) is 2. The molecule has 1 amide bonds. The summed E-state index contributed by atoms with van der Waals surface area (Å²) in [5.74, 6) is 1.11. The molecule has 3 rings (SSSR count). The van der Waals surface area contributed by atoms with Gasteiger partial charge in [0.25, 0.3) is 5.91 Å². The first-order chi connectivity index (χ1) is 13.2. The van der Waals surface area contributed by atoms with Gasteiger partial charge < -0.3 is 20.1 Å². The maximum Gasteiger partial charge on any atom is 0.252 e. The van der Waals surface area contributed by atoms with Crippen molar-refractivity contribution in [1.29, 1.82) is 0 Å². The van der Waals surface area contributed by atoms with E-state index in [2.05, 4.69) is 20.5 Å². The Morgan fingerprint density at radius 2 is 2.11 bits per heavy atom. The van der Waals surface area contributed by atoms with Crippen molar-refractivity contribution < 1.29 is 14.3 Å². The van der Waals surface area contributed by atoms with Gasteiger partial charge in [-0.25, -0.2) is 4.98 Å². The number of hydrogen-bond acceptors (Lipinski definition) is 6. The van der Waals surface area contributed by atoms with E-state index in [0.717, 1.165) is 38.5 Å². The summed E-state index contributed by atoms with van der Waals surface area (Å²) in [5.41, 5.74) is 1.31. The molecule has 1 aromatic heterocycles. The van der Waals surface area contributed by atoms with E-state index in [1.165, 1.54) is 0 Å². The van der Waals surface area contributed by atoms with Gasteiger partial charge in [0, 0.05) is 38.1 Å². The number of ether oxygens (including phenoxy) is 2. The molecule has 1 saturated heterocycles.